The van der Waals surface area contributed by atoms with Crippen molar-refractivity contribution >= 4 is 8.07 Å². The van der Waals surface area contributed by atoms with Crippen LogP contribution in [0.4, 0.5) is 0 Å². The van der Waals surface area contributed by atoms with Crippen molar-refractivity contribution in [2.75, 3.05) is 13.2 Å². The monoisotopic (exact) mass is 242 g/mol. The van der Waals surface area contributed by atoms with Crippen LogP contribution in [0.1, 0.15) is 27.2 Å². The van der Waals surface area contributed by atoms with Gasteiger partial charge in [-0.2, -0.15) is 0 Å². The fraction of sp³-hybridized carbons (Fsp3) is 0.846. The highest BCUT2D eigenvalue weighted by Gasteiger charge is 2.38. The number of hydrogen-bond donors (Lipinski definition) is 1. The molecule has 0 amide bonds. The van der Waals surface area contributed by atoms with E-state index in [1.165, 1.54) is 23.3 Å². The molecule has 1 fully saturated rings. The van der Waals surface area contributed by atoms with Gasteiger partial charge in [0.05, 0.1) is 20.8 Å². The lowest BCUT2D eigenvalue weighted by Crippen LogP contribution is -2.44. The van der Waals surface area contributed by atoms with Gasteiger partial charge in [-0.3, -0.25) is 0 Å². The van der Waals surface area contributed by atoms with Crippen molar-refractivity contribution in [2.45, 2.75) is 51.4 Å². The van der Waals surface area contributed by atoms with Gasteiger partial charge < -0.3 is 9.84 Å². The Kier molecular flexibility index (Phi) is 5.22. The number of ether oxygens (including phenoxy) is 1. The van der Waals surface area contributed by atoms with Gasteiger partial charge in [-0.25, -0.2) is 0 Å². The zero-order valence-corrected chi connectivity index (χ0v) is 12.0. The van der Waals surface area contributed by atoms with E-state index in [4.69, 9.17) is 4.74 Å². The summed E-state index contributed by atoms with van der Waals surface area (Å²) >= 11 is 0. The molecular weight excluding hydrogens is 216 g/mol. The summed E-state index contributed by atoms with van der Waals surface area (Å²) in [7, 11) is -1.38. The molecule has 1 aliphatic rings. The molecule has 2 nitrogen and oxygen atoms in total. The van der Waals surface area contributed by atoms with E-state index in [2.05, 4.69) is 27.4 Å². The Balaban J connectivity index is 2.80. The number of aliphatic hydroxyl groups excluding tert-OH is 1. The lowest BCUT2D eigenvalue weighted by molar-refractivity contribution is -0.0196. The average Bonchev–Trinajstić information content (AvgIpc) is 2.32. The van der Waals surface area contributed by atoms with Gasteiger partial charge in [0, 0.05) is 12.5 Å². The van der Waals surface area contributed by atoms with E-state index in [0.717, 1.165) is 6.42 Å². The summed E-state index contributed by atoms with van der Waals surface area (Å²) in [4.78, 5) is 0. The molecule has 3 heteroatoms. The molecule has 1 heterocycles. The van der Waals surface area contributed by atoms with E-state index < -0.39 is 8.07 Å². The van der Waals surface area contributed by atoms with E-state index >= 15 is 0 Å². The standard InChI is InChI=1S/C13H26O2Si/c1-5-16(6-2,7-3)11(4)12-10-15-9-8-13(12)14/h12-14H,4-10H2,1-3H3. The van der Waals surface area contributed by atoms with Gasteiger partial charge >= 0.3 is 0 Å². The molecule has 94 valence electrons. The fourth-order valence-electron chi connectivity index (χ4n) is 2.88. The molecule has 0 aromatic heterocycles. The van der Waals surface area contributed by atoms with Crippen molar-refractivity contribution in [1.29, 1.82) is 0 Å². The summed E-state index contributed by atoms with van der Waals surface area (Å²) in [6.07, 6.45) is 0.545. The molecule has 0 aliphatic carbocycles. The van der Waals surface area contributed by atoms with E-state index in [1.807, 2.05) is 0 Å². The highest BCUT2D eigenvalue weighted by Crippen LogP contribution is 2.35. The van der Waals surface area contributed by atoms with Crippen molar-refractivity contribution < 1.29 is 9.84 Å². The molecular formula is C13H26O2Si. The SMILES string of the molecule is C=C(C1COCCC1O)[Si](CC)(CC)CC. The van der Waals surface area contributed by atoms with Crippen molar-refractivity contribution in [3.05, 3.63) is 11.8 Å². The van der Waals surface area contributed by atoms with Crippen molar-refractivity contribution in [1.82, 2.24) is 0 Å². The number of hydrogen-bond acceptors (Lipinski definition) is 2. The minimum Gasteiger partial charge on any atom is -0.392 e. The Bertz CT molecular complexity index is 228. The molecule has 16 heavy (non-hydrogen) atoms. The molecule has 1 saturated heterocycles. The van der Waals surface area contributed by atoms with Gasteiger partial charge in [0.2, 0.25) is 0 Å². The van der Waals surface area contributed by atoms with Gasteiger partial charge in [-0.15, -0.1) is 6.58 Å². The fourth-order valence-corrected chi connectivity index (χ4v) is 6.81. The third kappa shape index (κ3) is 2.58. The Morgan fingerprint density at radius 1 is 1.31 bits per heavy atom. The van der Waals surface area contributed by atoms with Crippen molar-refractivity contribution in [3.8, 4) is 0 Å². The third-order valence-corrected chi connectivity index (χ3v) is 10.3. The first-order valence-corrected chi connectivity index (χ1v) is 9.18. The van der Waals surface area contributed by atoms with Crippen LogP contribution in [-0.4, -0.2) is 32.5 Å². The Hall–Kier alpha value is -0.123. The van der Waals surface area contributed by atoms with Crippen molar-refractivity contribution in [3.63, 3.8) is 0 Å². The van der Waals surface area contributed by atoms with E-state index in [-0.39, 0.29) is 12.0 Å². The maximum absolute atomic E-state index is 10.1. The summed E-state index contributed by atoms with van der Waals surface area (Å²) in [6, 6.07) is 3.71. The third-order valence-electron chi connectivity index (χ3n) is 4.48. The second-order valence-electron chi connectivity index (χ2n) is 4.90. The average molecular weight is 242 g/mol. The second kappa shape index (κ2) is 5.99. The Morgan fingerprint density at radius 3 is 2.31 bits per heavy atom. The van der Waals surface area contributed by atoms with Crippen molar-refractivity contribution in [2.24, 2.45) is 5.92 Å². The van der Waals surface area contributed by atoms with Crippen LogP contribution in [0.25, 0.3) is 0 Å². The van der Waals surface area contributed by atoms with Gasteiger partial charge in [-0.05, 0) is 6.42 Å². The quantitative estimate of drug-likeness (QED) is 0.751. The molecule has 0 aromatic carbocycles. The van der Waals surface area contributed by atoms with Gasteiger partial charge in [0.25, 0.3) is 0 Å². The van der Waals surface area contributed by atoms with Crippen LogP contribution in [0.15, 0.2) is 11.8 Å². The van der Waals surface area contributed by atoms with Crippen LogP contribution in [0.3, 0.4) is 0 Å². The molecule has 0 aromatic rings. The summed E-state index contributed by atoms with van der Waals surface area (Å²) in [5.74, 6) is 0.195. The summed E-state index contributed by atoms with van der Waals surface area (Å²) in [5, 5.41) is 11.4. The highest BCUT2D eigenvalue weighted by molar-refractivity contribution is 6.86. The summed E-state index contributed by atoms with van der Waals surface area (Å²) < 4.78 is 5.50. The first-order valence-electron chi connectivity index (χ1n) is 6.56. The van der Waals surface area contributed by atoms with Gasteiger partial charge in [-0.1, -0.05) is 44.1 Å². The first-order chi connectivity index (χ1) is 7.61. The lowest BCUT2D eigenvalue weighted by Gasteiger charge is -2.39. The summed E-state index contributed by atoms with van der Waals surface area (Å²) in [5.41, 5.74) is 0. The number of rotatable bonds is 5. The molecule has 0 spiro atoms. The van der Waals surface area contributed by atoms with Crippen LogP contribution in [0.5, 0.6) is 0 Å². The molecule has 2 atom stereocenters. The lowest BCUT2D eigenvalue weighted by atomic mass is 9.99. The maximum atomic E-state index is 10.1. The highest BCUT2D eigenvalue weighted by atomic mass is 28.3. The first kappa shape index (κ1) is 13.9. The zero-order valence-electron chi connectivity index (χ0n) is 11.0. The van der Waals surface area contributed by atoms with E-state index in [0.29, 0.717) is 13.2 Å². The molecule has 1 aliphatic heterocycles. The van der Waals surface area contributed by atoms with Crippen LogP contribution in [0.2, 0.25) is 18.1 Å². The topological polar surface area (TPSA) is 29.5 Å². The molecule has 0 radical (unpaired) electrons. The number of aliphatic hydroxyl groups is 1. The minimum atomic E-state index is -1.38. The Labute approximate surface area is 101 Å². The molecule has 2 unspecified atom stereocenters. The predicted molar refractivity (Wildman–Crippen MR) is 71.3 cm³/mol. The van der Waals surface area contributed by atoms with Crippen LogP contribution in [0, 0.1) is 5.92 Å². The molecule has 1 N–H and O–H groups in total. The molecule has 1 rings (SSSR count). The van der Waals surface area contributed by atoms with Crippen LogP contribution in [-0.2, 0) is 4.74 Å². The maximum Gasteiger partial charge on any atom is 0.0805 e. The van der Waals surface area contributed by atoms with E-state index in [1.54, 1.807) is 0 Å². The molecule has 0 saturated carbocycles. The normalized spacial score (nSPS) is 26.8. The van der Waals surface area contributed by atoms with Gasteiger partial charge in [0.1, 0.15) is 0 Å². The van der Waals surface area contributed by atoms with Crippen LogP contribution >= 0.6 is 0 Å². The van der Waals surface area contributed by atoms with Crippen LogP contribution < -0.4 is 0 Å². The summed E-state index contributed by atoms with van der Waals surface area (Å²) in [6.45, 7) is 12.5. The van der Waals surface area contributed by atoms with Gasteiger partial charge in [0.15, 0.2) is 0 Å². The van der Waals surface area contributed by atoms with E-state index in [9.17, 15) is 5.11 Å². The zero-order chi connectivity index (χ0) is 12.2. The smallest absolute Gasteiger partial charge is 0.0805 e. The molecule has 0 bridgehead atoms. The predicted octanol–water partition coefficient (Wildman–Crippen LogP) is 2.99. The Morgan fingerprint density at radius 2 is 1.88 bits per heavy atom. The second-order valence-corrected chi connectivity index (χ2v) is 10.2. The largest absolute Gasteiger partial charge is 0.392 e. The minimum absolute atomic E-state index is 0.195.